The number of halogens is 1. The maximum absolute atomic E-state index is 5.43. The van der Waals surface area contributed by atoms with Crippen molar-refractivity contribution in [2.75, 3.05) is 59.5 Å². The Balaban J connectivity index is 0.00000261. The van der Waals surface area contributed by atoms with Crippen molar-refractivity contribution < 1.29 is 4.74 Å². The van der Waals surface area contributed by atoms with Gasteiger partial charge >= 0.3 is 0 Å². The number of hydrogen-bond acceptors (Lipinski definition) is 3. The van der Waals surface area contributed by atoms with Crippen molar-refractivity contribution >= 4 is 35.5 Å². The highest BCUT2D eigenvalue weighted by molar-refractivity contribution is 14.0. The second-order valence-corrected chi connectivity index (χ2v) is 7.24. The van der Waals surface area contributed by atoms with Crippen LogP contribution in [0.5, 0.6) is 0 Å². The molecule has 1 fully saturated rings. The molecule has 3 rings (SSSR count). The smallest absolute Gasteiger partial charge is 0.193 e. The summed E-state index contributed by atoms with van der Waals surface area (Å²) in [5, 5.41) is 3.57. The number of hydrogen-bond donors (Lipinski definition) is 1. The fraction of sp³-hybridized carbons (Fsp3) is 0.571. The minimum atomic E-state index is 0. The van der Waals surface area contributed by atoms with E-state index in [4.69, 9.17) is 4.74 Å². The molecule has 2 aliphatic heterocycles. The van der Waals surface area contributed by atoms with Crippen LogP contribution in [0.3, 0.4) is 0 Å². The van der Waals surface area contributed by atoms with Gasteiger partial charge in [-0.15, -0.1) is 24.0 Å². The first kappa shape index (κ1) is 22.2. The van der Waals surface area contributed by atoms with Gasteiger partial charge in [0.1, 0.15) is 0 Å². The second-order valence-electron chi connectivity index (χ2n) is 7.24. The number of aliphatic imine (C=N–C) groups is 1. The van der Waals surface area contributed by atoms with Crippen molar-refractivity contribution in [1.29, 1.82) is 0 Å². The SMILES string of the molecule is CN=C(NCC(C)CN1CCOCC1)N1CC=C(c2ccccc2)CC1.I. The Labute approximate surface area is 180 Å². The maximum atomic E-state index is 5.43. The van der Waals surface area contributed by atoms with Gasteiger partial charge in [-0.3, -0.25) is 9.89 Å². The molecule has 0 aromatic heterocycles. The summed E-state index contributed by atoms with van der Waals surface area (Å²) in [4.78, 5) is 9.33. The van der Waals surface area contributed by atoms with Gasteiger partial charge in [0.25, 0.3) is 0 Å². The van der Waals surface area contributed by atoms with Crippen LogP contribution < -0.4 is 5.32 Å². The first-order valence-electron chi connectivity index (χ1n) is 9.76. The van der Waals surface area contributed by atoms with E-state index in [0.717, 1.165) is 64.9 Å². The Morgan fingerprint density at radius 1 is 1.19 bits per heavy atom. The standard InChI is InChI=1S/C21H32N4O.HI/c1-18(17-24-12-14-26-15-13-24)16-23-21(22-2)25-10-8-20(9-11-25)19-6-4-3-5-7-19;/h3-8,18H,9-17H2,1-2H3,(H,22,23);1H. The lowest BCUT2D eigenvalue weighted by molar-refractivity contribution is 0.0320. The fourth-order valence-corrected chi connectivity index (χ4v) is 3.66. The molecule has 0 amide bonds. The number of rotatable bonds is 5. The van der Waals surface area contributed by atoms with Crippen LogP contribution in [0.15, 0.2) is 41.4 Å². The fourth-order valence-electron chi connectivity index (χ4n) is 3.66. The normalized spacial score (nSPS) is 19.9. The van der Waals surface area contributed by atoms with Crippen molar-refractivity contribution in [2.24, 2.45) is 10.9 Å². The molecule has 1 unspecified atom stereocenters. The van der Waals surface area contributed by atoms with Crippen LogP contribution in [0, 0.1) is 5.92 Å². The van der Waals surface area contributed by atoms with Gasteiger partial charge in [0.05, 0.1) is 13.2 Å². The molecule has 1 saturated heterocycles. The van der Waals surface area contributed by atoms with Gasteiger partial charge in [0, 0.05) is 46.3 Å². The zero-order valence-corrected chi connectivity index (χ0v) is 18.9. The topological polar surface area (TPSA) is 40.1 Å². The summed E-state index contributed by atoms with van der Waals surface area (Å²) < 4.78 is 5.43. The molecule has 2 heterocycles. The highest BCUT2D eigenvalue weighted by Gasteiger charge is 2.18. The van der Waals surface area contributed by atoms with Crippen molar-refractivity contribution in [3.8, 4) is 0 Å². The first-order chi connectivity index (χ1) is 12.8. The molecule has 6 heteroatoms. The molecule has 0 spiro atoms. The summed E-state index contributed by atoms with van der Waals surface area (Å²) in [5.74, 6) is 1.60. The van der Waals surface area contributed by atoms with Crippen LogP contribution >= 0.6 is 24.0 Å². The molecule has 2 aliphatic rings. The molecular weight excluding hydrogens is 451 g/mol. The molecule has 0 bridgehead atoms. The number of morpholine rings is 1. The first-order valence-corrected chi connectivity index (χ1v) is 9.76. The van der Waals surface area contributed by atoms with Crippen molar-refractivity contribution in [1.82, 2.24) is 15.1 Å². The molecule has 0 aliphatic carbocycles. The van der Waals surface area contributed by atoms with Crippen LogP contribution in [-0.4, -0.2) is 75.3 Å². The molecule has 0 saturated carbocycles. The highest BCUT2D eigenvalue weighted by Crippen LogP contribution is 2.21. The van der Waals surface area contributed by atoms with E-state index in [-0.39, 0.29) is 24.0 Å². The lowest BCUT2D eigenvalue weighted by atomic mass is 10.00. The minimum Gasteiger partial charge on any atom is -0.379 e. The predicted molar refractivity (Wildman–Crippen MR) is 124 cm³/mol. The van der Waals surface area contributed by atoms with Gasteiger partial charge in [-0.05, 0) is 23.5 Å². The molecule has 1 atom stereocenters. The quantitative estimate of drug-likeness (QED) is 0.397. The molecular formula is C21H33IN4O. The van der Waals surface area contributed by atoms with Crippen LogP contribution in [0.2, 0.25) is 0 Å². The average molecular weight is 484 g/mol. The van der Waals surface area contributed by atoms with Crippen LogP contribution in [0.25, 0.3) is 5.57 Å². The minimum absolute atomic E-state index is 0. The van der Waals surface area contributed by atoms with Gasteiger partial charge < -0.3 is 15.0 Å². The van der Waals surface area contributed by atoms with E-state index in [9.17, 15) is 0 Å². The molecule has 1 aromatic carbocycles. The second kappa shape index (κ2) is 11.7. The number of nitrogens with one attached hydrogen (secondary N) is 1. The number of nitrogens with zero attached hydrogens (tertiary/aromatic N) is 3. The summed E-state index contributed by atoms with van der Waals surface area (Å²) in [5.41, 5.74) is 2.78. The van der Waals surface area contributed by atoms with E-state index >= 15 is 0 Å². The molecule has 27 heavy (non-hydrogen) atoms. The van der Waals surface area contributed by atoms with Gasteiger partial charge in [-0.2, -0.15) is 0 Å². The van der Waals surface area contributed by atoms with E-state index in [0.29, 0.717) is 5.92 Å². The predicted octanol–water partition coefficient (Wildman–Crippen LogP) is 2.94. The van der Waals surface area contributed by atoms with Crippen molar-refractivity contribution in [3.05, 3.63) is 42.0 Å². The number of guanidine groups is 1. The van der Waals surface area contributed by atoms with Gasteiger partial charge in [-0.25, -0.2) is 0 Å². The average Bonchev–Trinajstić information content (AvgIpc) is 2.70. The van der Waals surface area contributed by atoms with E-state index in [1.807, 2.05) is 7.05 Å². The van der Waals surface area contributed by atoms with Gasteiger partial charge in [0.2, 0.25) is 0 Å². The molecule has 150 valence electrons. The summed E-state index contributed by atoms with van der Waals surface area (Å²) in [6.07, 6.45) is 3.40. The zero-order chi connectivity index (χ0) is 18.2. The Morgan fingerprint density at radius 3 is 2.56 bits per heavy atom. The van der Waals surface area contributed by atoms with Gasteiger partial charge in [-0.1, -0.05) is 43.3 Å². The highest BCUT2D eigenvalue weighted by atomic mass is 127. The zero-order valence-electron chi connectivity index (χ0n) is 16.6. The van der Waals surface area contributed by atoms with E-state index < -0.39 is 0 Å². The van der Waals surface area contributed by atoms with Crippen molar-refractivity contribution in [2.45, 2.75) is 13.3 Å². The molecule has 0 radical (unpaired) electrons. The van der Waals surface area contributed by atoms with Crippen molar-refractivity contribution in [3.63, 3.8) is 0 Å². The van der Waals surface area contributed by atoms with E-state index in [1.54, 1.807) is 0 Å². The third-order valence-electron chi connectivity index (χ3n) is 5.15. The van der Waals surface area contributed by atoms with Crippen LogP contribution in [0.1, 0.15) is 18.9 Å². The summed E-state index contributed by atoms with van der Waals surface area (Å²) in [6.45, 7) is 10.1. The molecule has 5 nitrogen and oxygen atoms in total. The monoisotopic (exact) mass is 484 g/mol. The Kier molecular flexibility index (Phi) is 9.58. The summed E-state index contributed by atoms with van der Waals surface area (Å²) in [7, 11) is 1.88. The summed E-state index contributed by atoms with van der Waals surface area (Å²) in [6, 6.07) is 10.7. The van der Waals surface area contributed by atoms with Gasteiger partial charge in [0.15, 0.2) is 5.96 Å². The Hall–Kier alpha value is -1.12. The number of benzene rings is 1. The lowest BCUT2D eigenvalue weighted by Crippen LogP contribution is -2.46. The van der Waals surface area contributed by atoms with E-state index in [2.05, 4.69) is 63.4 Å². The lowest BCUT2D eigenvalue weighted by Gasteiger charge is -2.32. The third-order valence-corrected chi connectivity index (χ3v) is 5.15. The van der Waals surface area contributed by atoms with E-state index in [1.165, 1.54) is 11.1 Å². The van der Waals surface area contributed by atoms with Crippen LogP contribution in [-0.2, 0) is 4.74 Å². The Bertz CT molecular complexity index is 614. The maximum Gasteiger partial charge on any atom is 0.193 e. The molecule has 1 aromatic rings. The largest absolute Gasteiger partial charge is 0.379 e. The third kappa shape index (κ3) is 6.76. The molecule has 1 N–H and O–H groups in total. The summed E-state index contributed by atoms with van der Waals surface area (Å²) >= 11 is 0. The van der Waals surface area contributed by atoms with Crippen LogP contribution in [0.4, 0.5) is 0 Å². The number of ether oxygens (including phenoxy) is 1. The Morgan fingerprint density at radius 2 is 1.93 bits per heavy atom.